The van der Waals surface area contributed by atoms with E-state index in [-0.39, 0.29) is 6.61 Å². The van der Waals surface area contributed by atoms with Crippen LogP contribution in [-0.2, 0) is 14.3 Å². The Morgan fingerprint density at radius 3 is 2.35 bits per heavy atom. The number of rotatable bonds is 6. The molecule has 0 aromatic heterocycles. The lowest BCUT2D eigenvalue weighted by Gasteiger charge is -2.08. The van der Waals surface area contributed by atoms with Crippen LogP contribution in [0.15, 0.2) is 48.5 Å². The second kappa shape index (κ2) is 8.41. The Morgan fingerprint density at radius 1 is 0.957 bits per heavy atom. The van der Waals surface area contributed by atoms with Gasteiger partial charge >= 0.3 is 5.97 Å². The number of carbonyl (C=O) groups is 2. The molecule has 2 aromatic rings. The summed E-state index contributed by atoms with van der Waals surface area (Å²) in [5.41, 5.74) is 0.558. The van der Waals surface area contributed by atoms with E-state index in [0.29, 0.717) is 21.5 Å². The Labute approximate surface area is 143 Å². The summed E-state index contributed by atoms with van der Waals surface area (Å²) in [4.78, 5) is 23.2. The zero-order valence-corrected chi connectivity index (χ0v) is 13.4. The van der Waals surface area contributed by atoms with E-state index in [4.69, 9.17) is 32.7 Å². The van der Waals surface area contributed by atoms with Gasteiger partial charge in [-0.1, -0.05) is 35.3 Å². The van der Waals surface area contributed by atoms with E-state index in [1.807, 2.05) is 0 Å². The topological polar surface area (TPSA) is 64.6 Å². The van der Waals surface area contributed by atoms with E-state index in [2.05, 4.69) is 5.32 Å². The number of para-hydroxylation sites is 1. The summed E-state index contributed by atoms with van der Waals surface area (Å²) >= 11 is 11.6. The highest BCUT2D eigenvalue weighted by Crippen LogP contribution is 2.22. The van der Waals surface area contributed by atoms with E-state index in [0.717, 1.165) is 0 Å². The van der Waals surface area contributed by atoms with Gasteiger partial charge in [0.05, 0.1) is 5.02 Å². The lowest BCUT2D eigenvalue weighted by Crippen LogP contribution is -2.23. The minimum atomic E-state index is -0.670. The molecule has 0 saturated heterocycles. The van der Waals surface area contributed by atoms with E-state index >= 15 is 0 Å². The van der Waals surface area contributed by atoms with Crippen molar-refractivity contribution in [3.63, 3.8) is 0 Å². The van der Waals surface area contributed by atoms with Crippen molar-refractivity contribution < 1.29 is 19.1 Å². The van der Waals surface area contributed by atoms with E-state index in [1.54, 1.807) is 48.5 Å². The first-order valence-corrected chi connectivity index (χ1v) is 7.38. The smallest absolute Gasteiger partial charge is 0.344 e. The van der Waals surface area contributed by atoms with Gasteiger partial charge in [0.2, 0.25) is 0 Å². The van der Waals surface area contributed by atoms with Crippen LogP contribution in [0.2, 0.25) is 10.0 Å². The van der Waals surface area contributed by atoms with Gasteiger partial charge in [-0.3, -0.25) is 4.79 Å². The van der Waals surface area contributed by atoms with Gasteiger partial charge in [-0.25, -0.2) is 4.79 Å². The van der Waals surface area contributed by atoms with Gasteiger partial charge in [0.1, 0.15) is 5.75 Å². The monoisotopic (exact) mass is 353 g/mol. The third kappa shape index (κ3) is 5.81. The number of hydrogen-bond donors (Lipinski definition) is 1. The third-order valence-corrected chi connectivity index (χ3v) is 3.24. The SMILES string of the molecule is O=C(COC(=O)COc1ccccc1Cl)Nc1ccc(Cl)cc1. The number of amides is 1. The van der Waals surface area contributed by atoms with Gasteiger partial charge < -0.3 is 14.8 Å². The van der Waals surface area contributed by atoms with Crippen molar-refractivity contribution in [1.82, 2.24) is 0 Å². The average Bonchev–Trinajstić information content (AvgIpc) is 2.54. The molecule has 1 amide bonds. The molecule has 120 valence electrons. The van der Waals surface area contributed by atoms with Crippen molar-refractivity contribution in [3.05, 3.63) is 58.6 Å². The highest BCUT2D eigenvalue weighted by Gasteiger charge is 2.10. The zero-order valence-electron chi connectivity index (χ0n) is 11.9. The normalized spacial score (nSPS) is 10.0. The molecular weight excluding hydrogens is 341 g/mol. The van der Waals surface area contributed by atoms with Gasteiger partial charge in [0, 0.05) is 10.7 Å². The first-order chi connectivity index (χ1) is 11.0. The molecule has 7 heteroatoms. The summed E-state index contributed by atoms with van der Waals surface area (Å²) < 4.78 is 10.0. The Morgan fingerprint density at radius 2 is 1.65 bits per heavy atom. The predicted molar refractivity (Wildman–Crippen MR) is 88.0 cm³/mol. The van der Waals surface area contributed by atoms with Gasteiger partial charge in [-0.05, 0) is 36.4 Å². The number of carbonyl (C=O) groups excluding carboxylic acids is 2. The number of benzene rings is 2. The molecule has 5 nitrogen and oxygen atoms in total. The molecular formula is C16H13Cl2NO4. The molecule has 0 saturated carbocycles. The third-order valence-electron chi connectivity index (χ3n) is 2.67. The molecule has 2 rings (SSSR count). The molecule has 0 radical (unpaired) electrons. The lowest BCUT2D eigenvalue weighted by molar-refractivity contribution is -0.149. The fourth-order valence-corrected chi connectivity index (χ4v) is 1.93. The standard InChI is InChI=1S/C16H13Cl2NO4/c17-11-5-7-12(8-6-11)19-15(20)9-23-16(21)10-22-14-4-2-1-3-13(14)18/h1-8H,9-10H2,(H,19,20). The van der Waals surface area contributed by atoms with E-state index in [1.165, 1.54) is 0 Å². The Kier molecular flexibility index (Phi) is 6.26. The highest BCUT2D eigenvalue weighted by molar-refractivity contribution is 6.32. The molecule has 0 aliphatic heterocycles. The molecule has 23 heavy (non-hydrogen) atoms. The summed E-state index contributed by atoms with van der Waals surface area (Å²) in [5.74, 6) is -0.758. The molecule has 0 fully saturated rings. The maximum absolute atomic E-state index is 11.6. The van der Waals surface area contributed by atoms with Crippen molar-refractivity contribution >= 4 is 40.8 Å². The van der Waals surface area contributed by atoms with Crippen LogP contribution >= 0.6 is 23.2 Å². The second-order valence-corrected chi connectivity index (χ2v) is 5.28. The molecule has 0 atom stereocenters. The quantitative estimate of drug-likeness (QED) is 0.806. The predicted octanol–water partition coefficient (Wildman–Crippen LogP) is 3.55. The largest absolute Gasteiger partial charge is 0.480 e. The lowest BCUT2D eigenvalue weighted by atomic mass is 10.3. The Balaban J connectivity index is 1.72. The molecule has 0 heterocycles. The van der Waals surface area contributed by atoms with Gasteiger partial charge in [-0.15, -0.1) is 0 Å². The molecule has 0 aliphatic rings. The van der Waals surface area contributed by atoms with Crippen molar-refractivity contribution in [1.29, 1.82) is 0 Å². The number of nitrogens with one attached hydrogen (secondary N) is 1. The van der Waals surface area contributed by atoms with Crippen LogP contribution < -0.4 is 10.1 Å². The minimum Gasteiger partial charge on any atom is -0.480 e. The van der Waals surface area contributed by atoms with Crippen LogP contribution in [0.4, 0.5) is 5.69 Å². The second-order valence-electron chi connectivity index (χ2n) is 4.43. The number of esters is 1. The molecule has 2 aromatic carbocycles. The Bertz CT molecular complexity index is 689. The molecule has 1 N–H and O–H groups in total. The molecule has 0 bridgehead atoms. The van der Waals surface area contributed by atoms with Crippen molar-refractivity contribution in [2.24, 2.45) is 0 Å². The Hall–Kier alpha value is -2.24. The first-order valence-electron chi connectivity index (χ1n) is 6.63. The van der Waals surface area contributed by atoms with E-state index in [9.17, 15) is 9.59 Å². The van der Waals surface area contributed by atoms with Crippen molar-refractivity contribution in [2.45, 2.75) is 0 Å². The van der Waals surface area contributed by atoms with Crippen LogP contribution in [0.5, 0.6) is 5.75 Å². The fourth-order valence-electron chi connectivity index (χ4n) is 1.62. The van der Waals surface area contributed by atoms with Crippen LogP contribution in [-0.4, -0.2) is 25.1 Å². The van der Waals surface area contributed by atoms with Crippen LogP contribution in [0.25, 0.3) is 0 Å². The fraction of sp³-hybridized carbons (Fsp3) is 0.125. The maximum Gasteiger partial charge on any atom is 0.344 e. The molecule has 0 aliphatic carbocycles. The maximum atomic E-state index is 11.6. The zero-order chi connectivity index (χ0) is 16.7. The van der Waals surface area contributed by atoms with Gasteiger partial charge in [-0.2, -0.15) is 0 Å². The van der Waals surface area contributed by atoms with Crippen molar-refractivity contribution in [2.75, 3.05) is 18.5 Å². The minimum absolute atomic E-state index is 0.335. The summed E-state index contributed by atoms with van der Waals surface area (Å²) in [6.07, 6.45) is 0. The van der Waals surface area contributed by atoms with Crippen LogP contribution in [0.1, 0.15) is 0 Å². The van der Waals surface area contributed by atoms with Crippen LogP contribution in [0, 0.1) is 0 Å². The van der Waals surface area contributed by atoms with Crippen LogP contribution in [0.3, 0.4) is 0 Å². The van der Waals surface area contributed by atoms with Gasteiger partial charge in [0.15, 0.2) is 13.2 Å². The molecule has 0 spiro atoms. The highest BCUT2D eigenvalue weighted by atomic mass is 35.5. The number of ether oxygens (including phenoxy) is 2. The molecule has 0 unspecified atom stereocenters. The number of halogens is 2. The first kappa shape index (κ1) is 17.1. The number of hydrogen-bond acceptors (Lipinski definition) is 4. The summed E-state index contributed by atoms with van der Waals surface area (Å²) in [6, 6.07) is 13.3. The average molecular weight is 354 g/mol. The van der Waals surface area contributed by atoms with E-state index < -0.39 is 18.5 Å². The van der Waals surface area contributed by atoms with Gasteiger partial charge in [0.25, 0.3) is 5.91 Å². The summed E-state index contributed by atoms with van der Waals surface area (Å²) in [5, 5.41) is 3.52. The number of anilines is 1. The summed E-state index contributed by atoms with van der Waals surface area (Å²) in [7, 11) is 0. The summed E-state index contributed by atoms with van der Waals surface area (Å²) in [6.45, 7) is -0.745. The van der Waals surface area contributed by atoms with Crippen molar-refractivity contribution in [3.8, 4) is 5.75 Å².